The fourth-order valence-corrected chi connectivity index (χ4v) is 7.11. The van der Waals surface area contributed by atoms with Gasteiger partial charge in [0.05, 0.1) is 19.8 Å². The van der Waals surface area contributed by atoms with E-state index in [0.717, 1.165) is 53.8 Å². The van der Waals surface area contributed by atoms with Crippen LogP contribution in [0, 0.1) is 0 Å². The molecule has 0 aromatic heterocycles. The van der Waals surface area contributed by atoms with Gasteiger partial charge in [0.1, 0.15) is 6.61 Å². The second-order valence-corrected chi connectivity index (χ2v) is 16.3. The van der Waals surface area contributed by atoms with Crippen LogP contribution >= 0.6 is 15.9 Å². The molecule has 0 saturated carbocycles. The molecule has 0 aliphatic carbocycles. The lowest BCUT2D eigenvalue weighted by molar-refractivity contribution is -0.144. The van der Waals surface area contributed by atoms with Crippen LogP contribution in [0.3, 0.4) is 0 Å². The molecule has 0 N–H and O–H groups in total. The highest BCUT2D eigenvalue weighted by molar-refractivity contribution is 9.09. The number of unbranched alkanes of at least 4 members (excludes halogenated alkanes) is 27. The minimum absolute atomic E-state index is 0.175. The quantitative estimate of drug-likeness (QED) is 0.0375. The average molecular weight is 810 g/mol. The van der Waals surface area contributed by atoms with E-state index in [9.17, 15) is 4.79 Å². The Labute approximate surface area is 337 Å². The summed E-state index contributed by atoms with van der Waals surface area (Å²) in [6.07, 6.45) is 40.0. The Morgan fingerprint density at radius 2 is 0.774 bits per heavy atom. The second kappa shape index (κ2) is 38.8. The van der Waals surface area contributed by atoms with Gasteiger partial charge >= 0.3 is 5.97 Å². The number of halogens is 1. The highest BCUT2D eigenvalue weighted by Crippen LogP contribution is 2.40. The summed E-state index contributed by atoms with van der Waals surface area (Å²) in [5, 5.41) is 0.793. The van der Waals surface area contributed by atoms with Crippen molar-refractivity contribution in [2.24, 2.45) is 0 Å². The van der Waals surface area contributed by atoms with Crippen LogP contribution in [-0.4, -0.2) is 31.1 Å². The van der Waals surface area contributed by atoms with Gasteiger partial charge in [-0.15, -0.1) is 0 Å². The normalized spacial score (nSPS) is 11.2. The molecule has 310 valence electrons. The molecule has 0 saturated heterocycles. The predicted octanol–water partition coefficient (Wildman–Crippen LogP) is 15.8. The molecule has 0 atom stereocenters. The van der Waals surface area contributed by atoms with Crippen LogP contribution in [0.15, 0.2) is 12.1 Å². The number of benzene rings is 1. The number of ether oxygens (including phenoxy) is 4. The van der Waals surface area contributed by atoms with E-state index >= 15 is 0 Å². The van der Waals surface area contributed by atoms with Gasteiger partial charge in [-0.3, -0.25) is 4.79 Å². The minimum atomic E-state index is -0.175. The predicted molar refractivity (Wildman–Crippen MR) is 231 cm³/mol. The average Bonchev–Trinajstić information content (AvgIpc) is 3.17. The zero-order valence-corrected chi connectivity index (χ0v) is 36.8. The van der Waals surface area contributed by atoms with Gasteiger partial charge in [-0.2, -0.15) is 0 Å². The summed E-state index contributed by atoms with van der Waals surface area (Å²) < 4.78 is 25.1. The third kappa shape index (κ3) is 30.5. The van der Waals surface area contributed by atoms with Crippen molar-refractivity contribution in [1.29, 1.82) is 0 Å². The first kappa shape index (κ1) is 49.6. The Balaban J connectivity index is 2.80. The van der Waals surface area contributed by atoms with Gasteiger partial charge in [-0.25, -0.2) is 0 Å². The Kier molecular flexibility index (Phi) is 36.3. The van der Waals surface area contributed by atoms with E-state index in [0.29, 0.717) is 26.2 Å². The lowest BCUT2D eigenvalue weighted by atomic mass is 10.1. The van der Waals surface area contributed by atoms with Gasteiger partial charge in [-0.05, 0) is 43.4 Å². The Hall–Kier alpha value is -1.43. The maximum absolute atomic E-state index is 12.4. The number of esters is 1. The SMILES string of the molecule is CCCCCCCCCCCCOc1cc(COC(=O)CCCBr)cc(OCCCCCCCCCCCC)c1OCCCCCCCCCCCC. The highest BCUT2D eigenvalue weighted by atomic mass is 79.9. The fourth-order valence-electron chi connectivity index (χ4n) is 6.83. The number of carbonyl (C=O) groups is 1. The highest BCUT2D eigenvalue weighted by Gasteiger charge is 2.17. The van der Waals surface area contributed by atoms with E-state index in [4.69, 9.17) is 18.9 Å². The lowest BCUT2D eigenvalue weighted by Crippen LogP contribution is -2.09. The Morgan fingerprint density at radius 1 is 0.453 bits per heavy atom. The van der Waals surface area contributed by atoms with Crippen LogP contribution in [0.2, 0.25) is 0 Å². The fraction of sp³-hybridized carbons (Fsp3) is 0.851. The first-order valence-corrected chi connectivity index (χ1v) is 24.0. The molecule has 0 unspecified atom stereocenters. The molecule has 0 radical (unpaired) electrons. The largest absolute Gasteiger partial charge is 0.490 e. The Morgan fingerprint density at radius 3 is 1.11 bits per heavy atom. The van der Waals surface area contributed by atoms with E-state index in [-0.39, 0.29) is 12.6 Å². The second-order valence-electron chi connectivity index (χ2n) is 15.5. The number of carbonyl (C=O) groups excluding carboxylic acids is 1. The first-order valence-electron chi connectivity index (χ1n) is 22.9. The molecule has 0 heterocycles. The topological polar surface area (TPSA) is 54.0 Å². The molecule has 0 fully saturated rings. The monoisotopic (exact) mass is 809 g/mol. The van der Waals surface area contributed by atoms with E-state index in [1.807, 2.05) is 12.1 Å². The molecule has 1 aromatic carbocycles. The van der Waals surface area contributed by atoms with E-state index in [1.165, 1.54) is 173 Å². The van der Waals surface area contributed by atoms with Crippen molar-refractivity contribution in [3.8, 4) is 17.2 Å². The molecule has 53 heavy (non-hydrogen) atoms. The zero-order valence-electron chi connectivity index (χ0n) is 35.2. The van der Waals surface area contributed by atoms with Crippen molar-refractivity contribution in [2.45, 2.75) is 233 Å². The smallest absolute Gasteiger partial charge is 0.306 e. The van der Waals surface area contributed by atoms with Crippen molar-refractivity contribution < 1.29 is 23.7 Å². The van der Waals surface area contributed by atoms with Crippen molar-refractivity contribution in [3.63, 3.8) is 0 Å². The third-order valence-electron chi connectivity index (χ3n) is 10.3. The van der Waals surface area contributed by atoms with E-state index < -0.39 is 0 Å². The molecule has 0 aliphatic rings. The summed E-state index contributed by atoms with van der Waals surface area (Å²) in [4.78, 5) is 12.4. The summed E-state index contributed by atoms with van der Waals surface area (Å²) in [5.41, 5.74) is 0.889. The number of alkyl halides is 1. The number of hydrogen-bond donors (Lipinski definition) is 0. The first-order chi connectivity index (χ1) is 26.2. The molecule has 0 aliphatic heterocycles. The minimum Gasteiger partial charge on any atom is -0.490 e. The summed E-state index contributed by atoms with van der Waals surface area (Å²) in [7, 11) is 0. The number of hydrogen-bond acceptors (Lipinski definition) is 5. The standard InChI is InChI=1S/C47H85BrO5/c1-4-7-10-13-16-19-22-25-28-31-37-50-44-40-43(42-53-46(49)35-34-36-48)41-45(51-38-32-29-26-23-20-17-14-11-8-5-2)47(44)52-39-33-30-27-24-21-18-15-12-9-6-3/h40-41H,4-39,42H2,1-3H3. The maximum Gasteiger partial charge on any atom is 0.306 e. The van der Waals surface area contributed by atoms with Gasteiger partial charge in [0.15, 0.2) is 11.5 Å². The third-order valence-corrected chi connectivity index (χ3v) is 10.8. The van der Waals surface area contributed by atoms with Crippen molar-refractivity contribution >= 4 is 21.9 Å². The summed E-state index contributed by atoms with van der Waals surface area (Å²) >= 11 is 3.41. The molecule has 0 amide bonds. The number of rotatable bonds is 41. The molecule has 5 nitrogen and oxygen atoms in total. The van der Waals surface area contributed by atoms with Crippen LogP contribution in [0.4, 0.5) is 0 Å². The molecule has 1 rings (SSSR count). The zero-order chi connectivity index (χ0) is 38.3. The van der Waals surface area contributed by atoms with E-state index in [1.54, 1.807) is 0 Å². The van der Waals surface area contributed by atoms with Gasteiger partial charge in [0, 0.05) is 11.8 Å². The molecule has 0 bridgehead atoms. The summed E-state index contributed by atoms with van der Waals surface area (Å²) in [6.45, 7) is 9.00. The van der Waals surface area contributed by atoms with Gasteiger partial charge in [0.2, 0.25) is 5.75 Å². The van der Waals surface area contributed by atoms with Crippen molar-refractivity contribution in [1.82, 2.24) is 0 Å². The molecule has 1 aromatic rings. The van der Waals surface area contributed by atoms with Crippen LogP contribution in [0.25, 0.3) is 0 Å². The van der Waals surface area contributed by atoms with Crippen LogP contribution in [0.1, 0.15) is 232 Å². The molecule has 0 spiro atoms. The molecular formula is C47H85BrO5. The van der Waals surface area contributed by atoms with Gasteiger partial charge in [-0.1, -0.05) is 210 Å². The van der Waals surface area contributed by atoms with Gasteiger partial charge in [0.25, 0.3) is 0 Å². The van der Waals surface area contributed by atoms with Crippen LogP contribution in [-0.2, 0) is 16.1 Å². The molecular weight excluding hydrogens is 724 g/mol. The van der Waals surface area contributed by atoms with Gasteiger partial charge < -0.3 is 18.9 Å². The van der Waals surface area contributed by atoms with Crippen LogP contribution < -0.4 is 14.2 Å². The van der Waals surface area contributed by atoms with Crippen molar-refractivity contribution in [3.05, 3.63) is 17.7 Å². The lowest BCUT2D eigenvalue weighted by Gasteiger charge is -2.19. The summed E-state index contributed by atoms with van der Waals surface area (Å²) in [6, 6.07) is 4.02. The van der Waals surface area contributed by atoms with E-state index in [2.05, 4.69) is 36.7 Å². The Bertz CT molecular complexity index is 891. The molecule has 6 heteroatoms. The van der Waals surface area contributed by atoms with Crippen LogP contribution in [0.5, 0.6) is 17.2 Å². The summed E-state index contributed by atoms with van der Waals surface area (Å²) in [5.74, 6) is 1.99. The van der Waals surface area contributed by atoms with Crippen molar-refractivity contribution in [2.75, 3.05) is 25.2 Å². The maximum atomic E-state index is 12.4.